The van der Waals surface area contributed by atoms with E-state index in [4.69, 9.17) is 27.9 Å². The Labute approximate surface area is 253 Å². The molecule has 6 aromatic rings. The number of hydrogen-bond donors (Lipinski definition) is 1. The number of halogens is 2. The fraction of sp³-hybridized carbons (Fsp3) is 0.0769. The molecule has 0 unspecified atom stereocenters. The summed E-state index contributed by atoms with van der Waals surface area (Å²) in [6.07, 6.45) is 4.86. The normalized spacial score (nSPS) is 10.8. The van der Waals surface area contributed by atoms with Crippen LogP contribution < -0.4 is 11.0 Å². The highest BCUT2D eigenvalue weighted by atomic mass is 35.5. The minimum absolute atomic E-state index is 0.0614. The molecule has 212 valence electrons. The topological polar surface area (TPSA) is 159 Å². The lowest BCUT2D eigenvalue weighted by Crippen LogP contribution is -2.23. The van der Waals surface area contributed by atoms with Gasteiger partial charge in [-0.05, 0) is 31.2 Å². The third kappa shape index (κ3) is 5.39. The highest BCUT2D eigenvalue weighted by Gasteiger charge is 2.20. The van der Waals surface area contributed by atoms with Crippen LogP contribution >= 0.6 is 45.9 Å². The Morgan fingerprint density at radius 2 is 1.60 bits per heavy atom. The van der Waals surface area contributed by atoms with E-state index in [-0.39, 0.29) is 44.5 Å². The lowest BCUT2D eigenvalue weighted by Gasteiger charge is -2.10. The van der Waals surface area contributed by atoms with Crippen LogP contribution in [-0.2, 0) is 4.74 Å². The quantitative estimate of drug-likeness (QED) is 0.159. The zero-order valence-electron chi connectivity index (χ0n) is 21.2. The van der Waals surface area contributed by atoms with Crippen molar-refractivity contribution in [2.24, 2.45) is 0 Å². The van der Waals surface area contributed by atoms with Crippen LogP contribution in [0, 0.1) is 0 Å². The van der Waals surface area contributed by atoms with Gasteiger partial charge in [0.25, 0.3) is 5.56 Å². The molecule has 0 saturated heterocycles. The Morgan fingerprint density at radius 3 is 2.19 bits per heavy atom. The summed E-state index contributed by atoms with van der Waals surface area (Å²) in [5.74, 6) is -1.08. The van der Waals surface area contributed by atoms with Crippen molar-refractivity contribution in [1.29, 1.82) is 0 Å². The zero-order valence-corrected chi connectivity index (χ0v) is 24.4. The molecule has 0 saturated carbocycles. The average Bonchev–Trinajstić information content (AvgIpc) is 3.69. The van der Waals surface area contributed by atoms with Crippen LogP contribution in [0.4, 0.5) is 0 Å². The summed E-state index contributed by atoms with van der Waals surface area (Å²) in [5, 5.41) is 15.3. The molecule has 1 N–H and O–H groups in total. The van der Waals surface area contributed by atoms with Gasteiger partial charge in [-0.15, -0.1) is 22.7 Å². The number of aromatic hydroxyl groups is 1. The SMILES string of the molecule is CCOC(=O)c1cn(-c2nccs2)c2nc(Cl)ccc2c1=O.O=Cc1c(O)c2ccc(Cl)nc2n(-c2nccs2)c1=O. The maximum Gasteiger partial charge on any atom is 0.343 e. The van der Waals surface area contributed by atoms with E-state index in [2.05, 4.69) is 19.9 Å². The Bertz CT molecular complexity index is 2080. The predicted octanol–water partition coefficient (Wildman–Crippen LogP) is 4.69. The molecule has 0 aliphatic carbocycles. The van der Waals surface area contributed by atoms with Gasteiger partial charge in [-0.2, -0.15) is 0 Å². The van der Waals surface area contributed by atoms with Crippen LogP contribution in [0.15, 0.2) is 63.2 Å². The number of carbonyl (C=O) groups is 2. The van der Waals surface area contributed by atoms with Crippen LogP contribution in [0.25, 0.3) is 32.3 Å². The highest BCUT2D eigenvalue weighted by molar-refractivity contribution is 7.12. The lowest BCUT2D eigenvalue weighted by atomic mass is 10.2. The number of aldehydes is 1. The number of aromatic nitrogens is 6. The zero-order chi connectivity index (χ0) is 30.0. The highest BCUT2D eigenvalue weighted by Crippen LogP contribution is 2.28. The molecule has 0 amide bonds. The summed E-state index contributed by atoms with van der Waals surface area (Å²) >= 11 is 14.3. The molecule has 42 heavy (non-hydrogen) atoms. The van der Waals surface area contributed by atoms with Crippen molar-refractivity contribution in [3.05, 3.63) is 95.6 Å². The smallest absolute Gasteiger partial charge is 0.343 e. The van der Waals surface area contributed by atoms with Gasteiger partial charge >= 0.3 is 5.97 Å². The number of carbonyl (C=O) groups excluding carboxylic acids is 2. The van der Waals surface area contributed by atoms with Gasteiger partial charge in [0.2, 0.25) is 5.43 Å². The van der Waals surface area contributed by atoms with Gasteiger partial charge in [0.1, 0.15) is 27.2 Å². The van der Waals surface area contributed by atoms with Gasteiger partial charge < -0.3 is 9.84 Å². The van der Waals surface area contributed by atoms with Gasteiger partial charge in [0, 0.05) is 29.4 Å². The third-order valence-electron chi connectivity index (χ3n) is 5.66. The number of esters is 1. The molecule has 0 aromatic carbocycles. The van der Waals surface area contributed by atoms with Crippen molar-refractivity contribution in [2.75, 3.05) is 6.61 Å². The summed E-state index contributed by atoms with van der Waals surface area (Å²) in [5.41, 5.74) is -1.02. The summed E-state index contributed by atoms with van der Waals surface area (Å²) in [7, 11) is 0. The minimum atomic E-state index is -0.685. The van der Waals surface area contributed by atoms with Gasteiger partial charge in [-0.25, -0.2) is 29.3 Å². The molecule has 0 bridgehead atoms. The van der Waals surface area contributed by atoms with Crippen LogP contribution in [0.3, 0.4) is 0 Å². The van der Waals surface area contributed by atoms with Gasteiger partial charge in [0.05, 0.1) is 17.4 Å². The number of ether oxygens (including phenoxy) is 1. The molecule has 6 aromatic heterocycles. The Morgan fingerprint density at radius 1 is 0.976 bits per heavy atom. The molecule has 0 atom stereocenters. The van der Waals surface area contributed by atoms with Crippen molar-refractivity contribution in [1.82, 2.24) is 29.1 Å². The second-order valence-corrected chi connectivity index (χ2v) is 10.6. The predicted molar refractivity (Wildman–Crippen MR) is 159 cm³/mol. The number of hydrogen-bond acceptors (Lipinski definition) is 12. The Kier molecular flexibility index (Phi) is 8.40. The molecule has 6 rings (SSSR count). The van der Waals surface area contributed by atoms with E-state index in [1.54, 1.807) is 34.5 Å². The van der Waals surface area contributed by atoms with Crippen molar-refractivity contribution in [3.63, 3.8) is 0 Å². The van der Waals surface area contributed by atoms with Crippen LogP contribution in [0.2, 0.25) is 10.3 Å². The second-order valence-electron chi connectivity index (χ2n) is 8.12. The average molecular weight is 643 g/mol. The van der Waals surface area contributed by atoms with Gasteiger partial charge in [0.15, 0.2) is 27.8 Å². The van der Waals surface area contributed by atoms with E-state index in [1.807, 2.05) is 0 Å². The summed E-state index contributed by atoms with van der Waals surface area (Å²) in [6.45, 7) is 1.87. The first-order valence-corrected chi connectivity index (χ1v) is 14.3. The maximum absolute atomic E-state index is 12.5. The third-order valence-corrected chi connectivity index (χ3v) is 7.61. The second kappa shape index (κ2) is 12.2. The molecule has 0 aliphatic rings. The number of fused-ring (bicyclic) bond motifs is 2. The largest absolute Gasteiger partial charge is 0.506 e. The van der Waals surface area contributed by atoms with Crippen molar-refractivity contribution >= 4 is 80.2 Å². The standard InChI is InChI=1S/C14H10ClN3O3S.C12H6ClN3O3S/c1-2-21-13(20)9-7-18(14-16-5-6-22-14)12-8(11(9)19)3-4-10(15)17-12;13-8-2-1-6-9(18)7(5-17)11(19)16(10(6)15-8)12-14-3-4-20-12/h3-7H,2H2,1H3;1-5,18H. The number of thiazole rings is 2. The first-order chi connectivity index (χ1) is 20.2. The summed E-state index contributed by atoms with van der Waals surface area (Å²) in [4.78, 5) is 64.3. The van der Waals surface area contributed by atoms with E-state index in [9.17, 15) is 24.3 Å². The number of nitrogens with zero attached hydrogens (tertiary/aromatic N) is 6. The van der Waals surface area contributed by atoms with Crippen molar-refractivity contribution < 1.29 is 19.4 Å². The number of rotatable bonds is 5. The van der Waals surface area contributed by atoms with Crippen LogP contribution in [0.5, 0.6) is 5.75 Å². The molecule has 0 spiro atoms. The van der Waals surface area contributed by atoms with Crippen LogP contribution in [0.1, 0.15) is 27.6 Å². The monoisotopic (exact) mass is 642 g/mol. The van der Waals surface area contributed by atoms with E-state index in [0.29, 0.717) is 22.2 Å². The molecule has 0 radical (unpaired) electrons. The lowest BCUT2D eigenvalue weighted by molar-refractivity contribution is 0.0524. The first kappa shape index (κ1) is 29.0. The van der Waals surface area contributed by atoms with E-state index in [1.165, 1.54) is 53.3 Å². The maximum atomic E-state index is 12.5. The number of pyridine rings is 4. The molecular formula is C26H16Cl2N6O6S2. The fourth-order valence-corrected chi connectivity index (χ4v) is 5.41. The van der Waals surface area contributed by atoms with E-state index >= 15 is 0 Å². The Balaban J connectivity index is 0.000000169. The molecule has 0 aliphatic heterocycles. The van der Waals surface area contributed by atoms with Gasteiger partial charge in [-0.3, -0.25) is 19.0 Å². The molecular weight excluding hydrogens is 627 g/mol. The van der Waals surface area contributed by atoms with Crippen LogP contribution in [-0.4, -0.2) is 53.0 Å². The van der Waals surface area contributed by atoms with Crippen molar-refractivity contribution in [3.8, 4) is 16.0 Å². The van der Waals surface area contributed by atoms with E-state index in [0.717, 1.165) is 4.57 Å². The van der Waals surface area contributed by atoms with Gasteiger partial charge in [-0.1, -0.05) is 23.2 Å². The first-order valence-electron chi connectivity index (χ1n) is 11.8. The van der Waals surface area contributed by atoms with E-state index < -0.39 is 22.7 Å². The van der Waals surface area contributed by atoms with Crippen molar-refractivity contribution in [2.45, 2.75) is 6.92 Å². The molecule has 0 fully saturated rings. The molecule has 6 heterocycles. The fourth-order valence-electron chi connectivity index (χ4n) is 3.87. The summed E-state index contributed by atoms with van der Waals surface area (Å²) in [6, 6.07) is 6.01. The molecule has 16 heteroatoms. The Hall–Kier alpha value is -4.50. The minimum Gasteiger partial charge on any atom is -0.506 e. The molecule has 12 nitrogen and oxygen atoms in total. The summed E-state index contributed by atoms with van der Waals surface area (Å²) < 4.78 is 7.67.